The van der Waals surface area contributed by atoms with E-state index in [1.165, 1.54) is 37.7 Å². The second-order valence-electron chi connectivity index (χ2n) is 9.61. The second-order valence-corrected chi connectivity index (χ2v) is 10.0. The Morgan fingerprint density at radius 1 is 1.03 bits per heavy atom. The summed E-state index contributed by atoms with van der Waals surface area (Å²) in [4.78, 5) is 14.6. The maximum Gasteiger partial charge on any atom is 0.232 e. The van der Waals surface area contributed by atoms with Crippen molar-refractivity contribution in [2.24, 2.45) is 5.92 Å². The molecule has 2 fully saturated rings. The number of anilines is 3. The number of benzene rings is 1. The van der Waals surface area contributed by atoms with Crippen molar-refractivity contribution in [2.45, 2.75) is 64.8 Å². The van der Waals surface area contributed by atoms with Gasteiger partial charge in [0.15, 0.2) is 5.11 Å². The van der Waals surface area contributed by atoms with Crippen LogP contribution in [0.15, 0.2) is 36.4 Å². The van der Waals surface area contributed by atoms with Gasteiger partial charge in [-0.1, -0.05) is 37.3 Å². The van der Waals surface area contributed by atoms with Gasteiger partial charge in [0.1, 0.15) is 11.6 Å². The molecule has 2 aromatic rings. The van der Waals surface area contributed by atoms with Crippen molar-refractivity contribution in [3.05, 3.63) is 42.0 Å². The number of hydrogen-bond acceptors (Lipinski definition) is 5. The minimum absolute atomic E-state index is 0.498. The minimum Gasteiger partial charge on any atom is -0.362 e. The van der Waals surface area contributed by atoms with E-state index in [-0.39, 0.29) is 0 Å². The molecule has 2 atom stereocenters. The second kappa shape index (κ2) is 11.6. The van der Waals surface area contributed by atoms with Crippen LogP contribution in [0.25, 0.3) is 0 Å². The first kappa shape index (κ1) is 23.7. The fourth-order valence-corrected chi connectivity index (χ4v) is 5.10. The van der Waals surface area contributed by atoms with Crippen molar-refractivity contribution in [1.82, 2.24) is 15.3 Å². The summed E-state index contributed by atoms with van der Waals surface area (Å²) in [5, 5.41) is 7.19. The van der Waals surface area contributed by atoms with E-state index >= 15 is 0 Å². The number of hydrogen-bond donors (Lipinski definition) is 2. The van der Waals surface area contributed by atoms with Gasteiger partial charge in [0, 0.05) is 38.3 Å². The highest BCUT2D eigenvalue weighted by molar-refractivity contribution is 7.80. The van der Waals surface area contributed by atoms with Crippen LogP contribution in [-0.4, -0.2) is 47.3 Å². The average Bonchev–Trinajstić information content (AvgIpc) is 2.82. The molecule has 0 saturated carbocycles. The van der Waals surface area contributed by atoms with Crippen LogP contribution < -0.4 is 20.4 Å². The summed E-state index contributed by atoms with van der Waals surface area (Å²) in [6, 6.07) is 13.2. The molecule has 2 aliphatic heterocycles. The topological polar surface area (TPSA) is 56.3 Å². The summed E-state index contributed by atoms with van der Waals surface area (Å²) in [5.41, 5.74) is 1.35. The van der Waals surface area contributed by atoms with E-state index in [1.807, 2.05) is 0 Å². The smallest absolute Gasteiger partial charge is 0.232 e. The zero-order valence-corrected chi connectivity index (χ0v) is 20.9. The Balaban J connectivity index is 1.42. The van der Waals surface area contributed by atoms with Crippen LogP contribution in [0.1, 0.15) is 57.9 Å². The van der Waals surface area contributed by atoms with Crippen molar-refractivity contribution in [2.75, 3.05) is 41.3 Å². The molecule has 0 amide bonds. The van der Waals surface area contributed by atoms with Crippen LogP contribution in [0.2, 0.25) is 0 Å². The highest BCUT2D eigenvalue weighted by Gasteiger charge is 2.24. The Kier molecular flexibility index (Phi) is 8.37. The molecule has 2 aliphatic rings. The Hall–Kier alpha value is -2.41. The third-order valence-electron chi connectivity index (χ3n) is 6.77. The number of rotatable bonds is 7. The summed E-state index contributed by atoms with van der Waals surface area (Å²) in [6.07, 6.45) is 8.28. The van der Waals surface area contributed by atoms with Crippen LogP contribution in [-0.2, 0) is 6.42 Å². The number of thiocarbonyl (C=S) groups is 1. The number of piperidine rings is 2. The van der Waals surface area contributed by atoms with Gasteiger partial charge in [-0.05, 0) is 75.6 Å². The Morgan fingerprint density at radius 2 is 1.85 bits per heavy atom. The van der Waals surface area contributed by atoms with Gasteiger partial charge in [-0.25, -0.2) is 0 Å². The number of nitrogens with zero attached hydrogens (tertiary/aromatic N) is 4. The molecule has 0 radical (unpaired) electrons. The normalized spacial score (nSPS) is 21.0. The molecule has 0 unspecified atom stereocenters. The first-order valence-corrected chi connectivity index (χ1v) is 13.0. The van der Waals surface area contributed by atoms with Crippen LogP contribution >= 0.6 is 12.2 Å². The van der Waals surface area contributed by atoms with Crippen molar-refractivity contribution in [1.29, 1.82) is 0 Å². The molecule has 0 spiro atoms. The van der Waals surface area contributed by atoms with E-state index in [0.717, 1.165) is 50.7 Å². The lowest BCUT2D eigenvalue weighted by Gasteiger charge is -2.36. The van der Waals surface area contributed by atoms with Crippen LogP contribution in [0.3, 0.4) is 0 Å². The number of aromatic nitrogens is 2. The maximum atomic E-state index is 5.58. The van der Waals surface area contributed by atoms with E-state index in [0.29, 0.717) is 23.0 Å². The average molecular weight is 467 g/mol. The molecule has 1 aromatic heterocycles. The minimum atomic E-state index is 0.498. The van der Waals surface area contributed by atoms with Crippen molar-refractivity contribution in [3.63, 3.8) is 0 Å². The van der Waals surface area contributed by atoms with Crippen molar-refractivity contribution >= 4 is 34.9 Å². The van der Waals surface area contributed by atoms with Crippen LogP contribution in [0, 0.1) is 5.92 Å². The van der Waals surface area contributed by atoms with Crippen molar-refractivity contribution in [3.8, 4) is 0 Å². The molecular formula is C26H38N6S. The molecule has 0 aliphatic carbocycles. The van der Waals surface area contributed by atoms with E-state index in [4.69, 9.17) is 22.2 Å². The SMILES string of the molecule is C[C@@H]1CCCN(c2cc(N3CCCC[C@H]3C)nc(NC(=S)NCCCc3ccccc3)n2)C1. The quantitative estimate of drug-likeness (QED) is 0.439. The summed E-state index contributed by atoms with van der Waals surface area (Å²) < 4.78 is 0. The predicted molar refractivity (Wildman–Crippen MR) is 142 cm³/mol. The van der Waals surface area contributed by atoms with Gasteiger partial charge in [-0.3, -0.25) is 0 Å². The van der Waals surface area contributed by atoms with E-state index < -0.39 is 0 Å². The van der Waals surface area contributed by atoms with Gasteiger partial charge in [0.2, 0.25) is 5.95 Å². The first-order valence-electron chi connectivity index (χ1n) is 12.6. The van der Waals surface area contributed by atoms with Gasteiger partial charge in [0.05, 0.1) is 0 Å². The van der Waals surface area contributed by atoms with Crippen LogP contribution in [0.5, 0.6) is 0 Å². The lowest BCUT2D eigenvalue weighted by Crippen LogP contribution is -2.39. The molecule has 33 heavy (non-hydrogen) atoms. The zero-order valence-electron chi connectivity index (χ0n) is 20.1. The predicted octanol–water partition coefficient (Wildman–Crippen LogP) is 5.01. The molecule has 178 valence electrons. The molecule has 4 rings (SSSR count). The molecule has 2 saturated heterocycles. The van der Waals surface area contributed by atoms with Gasteiger partial charge < -0.3 is 20.4 Å². The highest BCUT2D eigenvalue weighted by Crippen LogP contribution is 2.29. The Labute approximate surface area is 204 Å². The van der Waals surface area contributed by atoms with Crippen LogP contribution in [0.4, 0.5) is 17.6 Å². The van der Waals surface area contributed by atoms with Gasteiger partial charge >= 0.3 is 0 Å². The molecule has 3 heterocycles. The van der Waals surface area contributed by atoms with Crippen molar-refractivity contribution < 1.29 is 0 Å². The Bertz CT molecular complexity index is 905. The highest BCUT2D eigenvalue weighted by atomic mass is 32.1. The maximum absolute atomic E-state index is 5.58. The third-order valence-corrected chi connectivity index (χ3v) is 7.02. The van der Waals surface area contributed by atoms with Gasteiger partial charge in [-0.2, -0.15) is 9.97 Å². The zero-order chi connectivity index (χ0) is 23.0. The van der Waals surface area contributed by atoms with E-state index in [1.54, 1.807) is 0 Å². The van der Waals surface area contributed by atoms with Gasteiger partial charge in [0.25, 0.3) is 0 Å². The number of nitrogens with one attached hydrogen (secondary N) is 2. The monoisotopic (exact) mass is 466 g/mol. The first-order chi connectivity index (χ1) is 16.1. The summed E-state index contributed by atoms with van der Waals surface area (Å²) in [6.45, 7) is 8.60. The van der Waals surface area contributed by atoms with E-state index in [9.17, 15) is 0 Å². The summed E-state index contributed by atoms with van der Waals surface area (Å²) >= 11 is 5.58. The molecule has 6 nitrogen and oxygen atoms in total. The Morgan fingerprint density at radius 3 is 2.64 bits per heavy atom. The van der Waals surface area contributed by atoms with E-state index in [2.05, 4.69) is 70.7 Å². The lowest BCUT2D eigenvalue weighted by molar-refractivity contribution is 0.444. The summed E-state index contributed by atoms with van der Waals surface area (Å²) in [5.74, 6) is 3.31. The molecule has 2 N–H and O–H groups in total. The molecular weight excluding hydrogens is 428 g/mol. The summed E-state index contributed by atoms with van der Waals surface area (Å²) in [7, 11) is 0. The lowest BCUT2D eigenvalue weighted by atomic mass is 10.0. The molecule has 1 aromatic carbocycles. The number of aryl methyl sites for hydroxylation is 1. The largest absolute Gasteiger partial charge is 0.362 e. The third kappa shape index (κ3) is 6.79. The molecule has 7 heteroatoms. The van der Waals surface area contributed by atoms with Gasteiger partial charge in [-0.15, -0.1) is 0 Å². The fraction of sp³-hybridized carbons (Fsp3) is 0.577. The fourth-order valence-electron chi connectivity index (χ4n) is 4.91. The molecule has 0 bridgehead atoms. The standard InChI is InChI=1S/C26H38N6S/c1-20-10-9-16-31(19-20)23-18-24(32-17-7-6-11-21(32)2)29-25(28-23)30-26(33)27-15-8-14-22-12-4-3-5-13-22/h3-5,12-13,18,20-21H,6-11,14-17,19H2,1-2H3,(H2,27,28,29,30,33)/t20-,21-/m1/s1.